The summed E-state index contributed by atoms with van der Waals surface area (Å²) in [6.45, 7) is 1.24. The van der Waals surface area contributed by atoms with Crippen molar-refractivity contribution >= 4 is 23.3 Å². The Morgan fingerprint density at radius 3 is 2.71 bits per heavy atom. The standard InChI is InChI=1S/C24H22F3N9O2/c25-24(26,27)15-1-3-19-29-11-17(36(19)12-15)22-28-6-5-20(33-22)34-7-8-35(18(13-34)14-9-30-31-10-14)23(38)16-2-4-21(37)32-16/h1,3,5-6,9-12,16,18H,2,4,7-8,13H2,(H,30,31)(H,32,37). The Balaban J connectivity index is 1.29. The number of halogens is 3. The highest BCUT2D eigenvalue weighted by molar-refractivity contribution is 5.91. The minimum Gasteiger partial charge on any atom is -0.352 e. The van der Waals surface area contributed by atoms with Gasteiger partial charge in [-0.1, -0.05) is 0 Å². The van der Waals surface area contributed by atoms with Gasteiger partial charge in [-0.3, -0.25) is 19.1 Å². The maximum atomic E-state index is 13.3. The van der Waals surface area contributed by atoms with Gasteiger partial charge in [-0.05, 0) is 24.6 Å². The van der Waals surface area contributed by atoms with Crippen molar-refractivity contribution in [3.05, 3.63) is 60.3 Å². The number of imidazole rings is 1. The number of hydrogen-bond acceptors (Lipinski definition) is 7. The van der Waals surface area contributed by atoms with Gasteiger partial charge >= 0.3 is 6.18 Å². The molecule has 6 heterocycles. The van der Waals surface area contributed by atoms with Crippen LogP contribution < -0.4 is 10.2 Å². The van der Waals surface area contributed by atoms with Gasteiger partial charge in [0.1, 0.15) is 23.2 Å². The second kappa shape index (κ2) is 9.11. The summed E-state index contributed by atoms with van der Waals surface area (Å²) < 4.78 is 41.2. The van der Waals surface area contributed by atoms with E-state index < -0.39 is 17.8 Å². The third-order valence-corrected chi connectivity index (χ3v) is 6.89. The molecule has 2 N–H and O–H groups in total. The van der Waals surface area contributed by atoms with Crippen LogP contribution in [0, 0.1) is 0 Å². The Hall–Kier alpha value is -4.49. The van der Waals surface area contributed by atoms with Gasteiger partial charge in [-0.25, -0.2) is 15.0 Å². The largest absolute Gasteiger partial charge is 0.417 e. The second-order valence-corrected chi connectivity index (χ2v) is 9.21. The number of rotatable bonds is 4. The maximum Gasteiger partial charge on any atom is 0.417 e. The topological polar surface area (TPSA) is 124 Å². The Kier molecular flexibility index (Phi) is 5.73. The normalized spacial score (nSPS) is 20.2. The molecule has 2 aliphatic heterocycles. The maximum absolute atomic E-state index is 13.3. The number of aromatic nitrogens is 6. The number of anilines is 1. The van der Waals surface area contributed by atoms with E-state index in [2.05, 4.69) is 30.5 Å². The summed E-state index contributed by atoms with van der Waals surface area (Å²) >= 11 is 0. The number of nitrogens with one attached hydrogen (secondary N) is 2. The Morgan fingerprint density at radius 2 is 1.97 bits per heavy atom. The average Bonchev–Trinajstić information content (AvgIpc) is 3.68. The van der Waals surface area contributed by atoms with Gasteiger partial charge in [-0.15, -0.1) is 0 Å². The highest BCUT2D eigenvalue weighted by Gasteiger charge is 2.38. The number of amides is 2. The molecule has 2 unspecified atom stereocenters. The van der Waals surface area contributed by atoms with Crippen LogP contribution in [0.25, 0.3) is 17.2 Å². The van der Waals surface area contributed by atoms with Crippen LogP contribution >= 0.6 is 0 Å². The smallest absolute Gasteiger partial charge is 0.352 e. The van der Waals surface area contributed by atoms with Gasteiger partial charge < -0.3 is 15.1 Å². The number of piperazine rings is 1. The van der Waals surface area contributed by atoms with Crippen LogP contribution in [-0.2, 0) is 15.8 Å². The van der Waals surface area contributed by atoms with Crippen molar-refractivity contribution in [2.24, 2.45) is 0 Å². The van der Waals surface area contributed by atoms with E-state index in [0.717, 1.165) is 17.8 Å². The molecular weight excluding hydrogens is 503 g/mol. The molecule has 0 radical (unpaired) electrons. The van der Waals surface area contributed by atoms with E-state index in [1.165, 1.54) is 16.7 Å². The van der Waals surface area contributed by atoms with E-state index in [4.69, 9.17) is 0 Å². The lowest BCUT2D eigenvalue weighted by atomic mass is 10.0. The summed E-state index contributed by atoms with van der Waals surface area (Å²) in [5.74, 6) is 0.509. The predicted octanol–water partition coefficient (Wildman–Crippen LogP) is 2.20. The van der Waals surface area contributed by atoms with Crippen molar-refractivity contribution in [3.63, 3.8) is 0 Å². The number of H-pyrrole nitrogens is 1. The number of carbonyl (C=O) groups is 2. The molecule has 4 aromatic rings. The van der Waals surface area contributed by atoms with Crippen LogP contribution in [0.5, 0.6) is 0 Å². The number of fused-ring (bicyclic) bond motifs is 1. The Bertz CT molecular complexity index is 1500. The zero-order chi connectivity index (χ0) is 26.4. The van der Waals surface area contributed by atoms with Crippen molar-refractivity contribution in [2.45, 2.75) is 31.1 Å². The minimum atomic E-state index is -4.50. The highest BCUT2D eigenvalue weighted by atomic mass is 19.4. The van der Waals surface area contributed by atoms with Crippen LogP contribution in [0.4, 0.5) is 19.0 Å². The number of pyridine rings is 1. The lowest BCUT2D eigenvalue weighted by molar-refractivity contribution is -0.138. The highest BCUT2D eigenvalue weighted by Crippen LogP contribution is 2.32. The first-order chi connectivity index (χ1) is 18.3. The van der Waals surface area contributed by atoms with Gasteiger partial charge in [0.15, 0.2) is 5.82 Å². The molecule has 0 spiro atoms. The zero-order valence-electron chi connectivity index (χ0n) is 19.9. The van der Waals surface area contributed by atoms with E-state index in [-0.39, 0.29) is 23.7 Å². The number of carbonyl (C=O) groups excluding carboxylic acids is 2. The number of hydrogen-bond donors (Lipinski definition) is 2. The van der Waals surface area contributed by atoms with Crippen molar-refractivity contribution in [1.29, 1.82) is 0 Å². The minimum absolute atomic E-state index is 0.134. The molecule has 4 aromatic heterocycles. The first-order valence-electron chi connectivity index (χ1n) is 12.0. The molecule has 0 aromatic carbocycles. The van der Waals surface area contributed by atoms with Crippen LogP contribution in [0.1, 0.15) is 30.0 Å². The van der Waals surface area contributed by atoms with Crippen molar-refractivity contribution < 1.29 is 22.8 Å². The monoisotopic (exact) mass is 525 g/mol. The van der Waals surface area contributed by atoms with Crippen molar-refractivity contribution in [3.8, 4) is 11.5 Å². The molecule has 2 saturated heterocycles. The molecule has 38 heavy (non-hydrogen) atoms. The van der Waals surface area contributed by atoms with Gasteiger partial charge in [0.05, 0.1) is 24.0 Å². The summed E-state index contributed by atoms with van der Waals surface area (Å²) in [7, 11) is 0. The second-order valence-electron chi connectivity index (χ2n) is 9.21. The fourth-order valence-corrected chi connectivity index (χ4v) is 4.95. The quantitative estimate of drug-likeness (QED) is 0.419. The van der Waals surface area contributed by atoms with Crippen LogP contribution in [0.15, 0.2) is 49.2 Å². The third kappa shape index (κ3) is 4.31. The molecule has 14 heteroatoms. The molecular formula is C24H22F3N9O2. The van der Waals surface area contributed by atoms with E-state index in [0.29, 0.717) is 49.6 Å². The summed E-state index contributed by atoms with van der Waals surface area (Å²) in [4.78, 5) is 41.8. The van der Waals surface area contributed by atoms with Gasteiger partial charge in [0.25, 0.3) is 0 Å². The summed E-state index contributed by atoms with van der Waals surface area (Å²) in [5, 5.41) is 9.56. The van der Waals surface area contributed by atoms with Gasteiger partial charge in [0.2, 0.25) is 11.8 Å². The summed E-state index contributed by atoms with van der Waals surface area (Å²) in [6, 6.07) is 3.10. The van der Waals surface area contributed by atoms with E-state index in [9.17, 15) is 22.8 Å². The molecule has 2 fully saturated rings. The third-order valence-electron chi connectivity index (χ3n) is 6.89. The SMILES string of the molecule is O=C1CCC(C(=O)N2CCN(c3ccnc(-c4cnc5ccc(C(F)(F)F)cn45)n3)CC2c2cn[nH]c2)N1. The van der Waals surface area contributed by atoms with E-state index >= 15 is 0 Å². The van der Waals surface area contributed by atoms with Crippen LogP contribution in [-0.4, -0.2) is 71.9 Å². The van der Waals surface area contributed by atoms with Gasteiger partial charge in [0, 0.05) is 50.2 Å². The first kappa shape index (κ1) is 23.9. The number of aromatic amines is 1. The van der Waals surface area contributed by atoms with Gasteiger partial charge in [-0.2, -0.15) is 18.3 Å². The molecule has 2 atom stereocenters. The van der Waals surface area contributed by atoms with E-state index in [1.54, 1.807) is 29.6 Å². The first-order valence-corrected chi connectivity index (χ1v) is 12.0. The fraction of sp³-hybridized carbons (Fsp3) is 0.333. The molecule has 196 valence electrons. The molecule has 0 aliphatic carbocycles. The van der Waals surface area contributed by atoms with Crippen LogP contribution in [0.3, 0.4) is 0 Å². The molecule has 0 bridgehead atoms. The van der Waals surface area contributed by atoms with Crippen LogP contribution in [0.2, 0.25) is 0 Å². The Morgan fingerprint density at radius 1 is 1.11 bits per heavy atom. The van der Waals surface area contributed by atoms with Crippen molar-refractivity contribution in [2.75, 3.05) is 24.5 Å². The molecule has 2 aliphatic rings. The van der Waals surface area contributed by atoms with E-state index in [1.807, 2.05) is 4.90 Å². The molecule has 2 amide bonds. The van der Waals surface area contributed by atoms with Crippen molar-refractivity contribution in [1.82, 2.24) is 39.8 Å². The summed E-state index contributed by atoms with van der Waals surface area (Å²) in [5.41, 5.74) is 0.670. The molecule has 0 saturated carbocycles. The average molecular weight is 525 g/mol. The lowest BCUT2D eigenvalue weighted by Crippen LogP contribution is -2.55. The summed E-state index contributed by atoms with van der Waals surface area (Å²) in [6.07, 6.45) is 3.63. The predicted molar refractivity (Wildman–Crippen MR) is 128 cm³/mol. The molecule has 11 nitrogen and oxygen atoms in total. The molecule has 6 rings (SSSR count). The zero-order valence-corrected chi connectivity index (χ0v) is 19.9. The number of alkyl halides is 3. The number of nitrogens with zero attached hydrogens (tertiary/aromatic N) is 7. The Labute approximate surface area is 213 Å². The fourth-order valence-electron chi connectivity index (χ4n) is 4.95. The lowest BCUT2D eigenvalue weighted by Gasteiger charge is -2.42.